The third-order valence-corrected chi connectivity index (χ3v) is 3.06. The maximum Gasteiger partial charge on any atom is 0.242 e. The summed E-state index contributed by atoms with van der Waals surface area (Å²) in [5.41, 5.74) is 2.50. The van der Waals surface area contributed by atoms with Gasteiger partial charge in [0, 0.05) is 6.54 Å². The molecule has 2 N–H and O–H groups in total. The van der Waals surface area contributed by atoms with Crippen LogP contribution < -0.4 is 5.32 Å². The molecule has 1 aromatic carbocycles. The van der Waals surface area contributed by atoms with Crippen molar-refractivity contribution in [2.45, 2.75) is 26.7 Å². The number of hydrogen-bond donors (Lipinski definition) is 2. The van der Waals surface area contributed by atoms with E-state index >= 15 is 0 Å². The van der Waals surface area contributed by atoms with Crippen LogP contribution >= 0.6 is 0 Å². The van der Waals surface area contributed by atoms with Crippen molar-refractivity contribution in [3.63, 3.8) is 0 Å². The van der Waals surface area contributed by atoms with E-state index in [1.807, 2.05) is 13.0 Å². The van der Waals surface area contributed by atoms with Gasteiger partial charge in [-0.1, -0.05) is 43.3 Å². The monoisotopic (exact) mass is 256 g/mol. The summed E-state index contributed by atoms with van der Waals surface area (Å²) < 4.78 is 0. The Hall–Kier alpha value is -2.10. The lowest BCUT2D eigenvalue weighted by Gasteiger charge is -2.01. The van der Waals surface area contributed by atoms with Crippen molar-refractivity contribution >= 4 is 11.5 Å². The zero-order chi connectivity index (χ0) is 13.5. The van der Waals surface area contributed by atoms with Crippen molar-refractivity contribution in [1.82, 2.24) is 15.2 Å². The van der Waals surface area contributed by atoms with E-state index in [1.54, 1.807) is 0 Å². The second-order valence-electron chi connectivity index (χ2n) is 4.34. The van der Waals surface area contributed by atoms with Gasteiger partial charge in [-0.2, -0.15) is 4.98 Å². The first-order valence-corrected chi connectivity index (χ1v) is 6.69. The van der Waals surface area contributed by atoms with Crippen LogP contribution in [0.5, 0.6) is 0 Å². The zero-order valence-electron chi connectivity index (χ0n) is 11.5. The lowest BCUT2D eigenvalue weighted by molar-refractivity contribution is 0.984. The Morgan fingerprint density at radius 1 is 1.32 bits per heavy atom. The predicted octanol–water partition coefficient (Wildman–Crippen LogP) is 3.27. The van der Waals surface area contributed by atoms with Crippen LogP contribution in [0.3, 0.4) is 0 Å². The number of aromatic amines is 1. The standard InChI is InChI=1S/C15H20N4/c1-3-13(4-2)14-17-15(19-18-14)16-11-10-12-8-6-5-7-9-12/h3,5-9H,4,10-11H2,1-2H3,(H2,16,17,18,19)/b13-3+. The summed E-state index contributed by atoms with van der Waals surface area (Å²) in [6.07, 6.45) is 3.98. The molecule has 0 radical (unpaired) electrons. The number of aromatic nitrogens is 3. The molecule has 0 atom stereocenters. The molecule has 0 saturated carbocycles. The molecule has 1 heterocycles. The first kappa shape index (κ1) is 13.3. The smallest absolute Gasteiger partial charge is 0.242 e. The summed E-state index contributed by atoms with van der Waals surface area (Å²) >= 11 is 0. The molecule has 4 nitrogen and oxygen atoms in total. The van der Waals surface area contributed by atoms with Crippen LogP contribution in [0.4, 0.5) is 5.95 Å². The summed E-state index contributed by atoms with van der Waals surface area (Å²) in [7, 11) is 0. The van der Waals surface area contributed by atoms with E-state index in [4.69, 9.17) is 0 Å². The highest BCUT2D eigenvalue weighted by Gasteiger charge is 2.05. The Morgan fingerprint density at radius 2 is 2.11 bits per heavy atom. The van der Waals surface area contributed by atoms with Gasteiger partial charge in [-0.25, -0.2) is 0 Å². The third kappa shape index (κ3) is 3.68. The number of anilines is 1. The van der Waals surface area contributed by atoms with E-state index in [9.17, 15) is 0 Å². The summed E-state index contributed by atoms with van der Waals surface area (Å²) in [6.45, 7) is 4.96. The molecule has 19 heavy (non-hydrogen) atoms. The maximum atomic E-state index is 4.44. The van der Waals surface area contributed by atoms with Crippen LogP contribution in [0, 0.1) is 0 Å². The predicted molar refractivity (Wildman–Crippen MR) is 79.0 cm³/mol. The van der Waals surface area contributed by atoms with Gasteiger partial charge in [-0.15, -0.1) is 5.10 Å². The average molecular weight is 256 g/mol. The molecule has 1 aromatic heterocycles. The molecule has 2 rings (SSSR count). The maximum absolute atomic E-state index is 4.44. The molecule has 0 aliphatic rings. The van der Waals surface area contributed by atoms with Gasteiger partial charge >= 0.3 is 0 Å². The number of H-pyrrole nitrogens is 1. The lowest BCUT2D eigenvalue weighted by Crippen LogP contribution is -2.06. The van der Waals surface area contributed by atoms with Gasteiger partial charge in [-0.05, 0) is 30.9 Å². The van der Waals surface area contributed by atoms with Gasteiger partial charge in [0.2, 0.25) is 5.95 Å². The molecule has 0 fully saturated rings. The van der Waals surface area contributed by atoms with Crippen molar-refractivity contribution in [2.75, 3.05) is 11.9 Å². The molecular formula is C15H20N4. The van der Waals surface area contributed by atoms with Crippen molar-refractivity contribution in [3.05, 3.63) is 47.8 Å². The largest absolute Gasteiger partial charge is 0.353 e. The van der Waals surface area contributed by atoms with Crippen LogP contribution in [0.1, 0.15) is 31.7 Å². The molecule has 2 aromatic rings. The number of nitrogens with one attached hydrogen (secondary N) is 2. The first-order valence-electron chi connectivity index (χ1n) is 6.69. The van der Waals surface area contributed by atoms with E-state index < -0.39 is 0 Å². The van der Waals surface area contributed by atoms with Gasteiger partial charge in [0.15, 0.2) is 5.82 Å². The lowest BCUT2D eigenvalue weighted by atomic mass is 10.1. The molecule has 0 unspecified atom stereocenters. The fraction of sp³-hybridized carbons (Fsp3) is 0.333. The first-order chi connectivity index (χ1) is 9.33. The Bertz CT molecular complexity index is 528. The Labute approximate surface area is 114 Å². The minimum atomic E-state index is 0.665. The minimum absolute atomic E-state index is 0.665. The summed E-state index contributed by atoms with van der Waals surface area (Å²) in [5.74, 6) is 1.52. The molecular weight excluding hydrogens is 236 g/mol. The SMILES string of the molecule is C/C=C(\CC)c1nc(NCCc2ccccc2)n[nH]1. The van der Waals surface area contributed by atoms with E-state index in [2.05, 4.69) is 57.8 Å². The number of benzene rings is 1. The van der Waals surface area contributed by atoms with E-state index in [-0.39, 0.29) is 0 Å². The van der Waals surface area contributed by atoms with Gasteiger partial charge in [0.25, 0.3) is 0 Å². The number of allylic oxidation sites excluding steroid dienone is 2. The average Bonchev–Trinajstić information content (AvgIpc) is 2.90. The summed E-state index contributed by atoms with van der Waals surface area (Å²) in [5, 5.41) is 10.4. The van der Waals surface area contributed by atoms with Gasteiger partial charge in [-0.3, -0.25) is 5.10 Å². The zero-order valence-corrected chi connectivity index (χ0v) is 11.5. The fourth-order valence-electron chi connectivity index (χ4n) is 1.96. The second-order valence-corrected chi connectivity index (χ2v) is 4.34. The van der Waals surface area contributed by atoms with Crippen LogP contribution in [0.25, 0.3) is 5.57 Å². The fourth-order valence-corrected chi connectivity index (χ4v) is 1.96. The Morgan fingerprint density at radius 3 is 2.79 bits per heavy atom. The molecule has 0 saturated heterocycles. The quantitative estimate of drug-likeness (QED) is 0.834. The van der Waals surface area contributed by atoms with Gasteiger partial charge in [0.1, 0.15) is 0 Å². The van der Waals surface area contributed by atoms with Crippen LogP contribution in [-0.4, -0.2) is 21.7 Å². The van der Waals surface area contributed by atoms with Crippen molar-refractivity contribution < 1.29 is 0 Å². The minimum Gasteiger partial charge on any atom is -0.353 e. The number of nitrogens with zero attached hydrogens (tertiary/aromatic N) is 2. The molecule has 0 amide bonds. The molecule has 100 valence electrons. The van der Waals surface area contributed by atoms with E-state index in [0.29, 0.717) is 5.95 Å². The van der Waals surface area contributed by atoms with E-state index in [1.165, 1.54) is 11.1 Å². The van der Waals surface area contributed by atoms with E-state index in [0.717, 1.165) is 25.2 Å². The van der Waals surface area contributed by atoms with Crippen molar-refractivity contribution in [3.8, 4) is 0 Å². The van der Waals surface area contributed by atoms with Crippen molar-refractivity contribution in [1.29, 1.82) is 0 Å². The third-order valence-electron chi connectivity index (χ3n) is 3.06. The van der Waals surface area contributed by atoms with Gasteiger partial charge in [0.05, 0.1) is 0 Å². The topological polar surface area (TPSA) is 53.6 Å². The summed E-state index contributed by atoms with van der Waals surface area (Å²) in [6, 6.07) is 10.4. The highest BCUT2D eigenvalue weighted by Crippen LogP contribution is 2.14. The molecule has 0 bridgehead atoms. The Kier molecular flexibility index (Phi) is 4.72. The normalized spacial score (nSPS) is 11.6. The van der Waals surface area contributed by atoms with Gasteiger partial charge < -0.3 is 5.32 Å². The molecule has 4 heteroatoms. The molecule has 0 aliphatic heterocycles. The number of rotatable bonds is 6. The van der Waals surface area contributed by atoms with Crippen LogP contribution in [-0.2, 0) is 6.42 Å². The second kappa shape index (κ2) is 6.73. The molecule has 0 aliphatic carbocycles. The van der Waals surface area contributed by atoms with Crippen molar-refractivity contribution in [2.24, 2.45) is 0 Å². The van der Waals surface area contributed by atoms with Crippen LogP contribution in [0.2, 0.25) is 0 Å². The Balaban J connectivity index is 1.87. The summed E-state index contributed by atoms with van der Waals surface area (Å²) in [4.78, 5) is 4.44. The highest BCUT2D eigenvalue weighted by molar-refractivity contribution is 5.59. The van der Waals surface area contributed by atoms with Crippen LogP contribution in [0.15, 0.2) is 36.4 Å². The number of hydrogen-bond acceptors (Lipinski definition) is 3. The molecule has 0 spiro atoms. The highest BCUT2D eigenvalue weighted by atomic mass is 15.3.